The Balaban J connectivity index is 1.23. The first-order valence-corrected chi connectivity index (χ1v) is 14.9. The molecule has 0 radical (unpaired) electrons. The van der Waals surface area contributed by atoms with E-state index in [2.05, 4.69) is 35.0 Å². The minimum absolute atomic E-state index is 0.122. The largest absolute Gasteiger partial charge is 0.494 e. The number of aliphatic hydroxyl groups excluding tert-OH is 1. The van der Waals surface area contributed by atoms with Gasteiger partial charge in [0.2, 0.25) is 0 Å². The maximum atomic E-state index is 11.7. The highest BCUT2D eigenvalue weighted by Crippen LogP contribution is 2.34. The smallest absolute Gasteiger partial charge is 0.153 e. The lowest BCUT2D eigenvalue weighted by molar-refractivity contribution is 0.111. The summed E-state index contributed by atoms with van der Waals surface area (Å²) in [7, 11) is 0. The van der Waals surface area contributed by atoms with Crippen molar-refractivity contribution in [2.45, 2.75) is 39.1 Å². The maximum absolute atomic E-state index is 11.7. The SMILES string of the molecule is Cc1c(COc2cc(OCc3cncc(C#N)c3)c(C=O)cc2Cl)cccc1-c1cccc(OCCCN2CCC(O)C2)c1. The van der Waals surface area contributed by atoms with E-state index in [4.69, 9.17) is 31.1 Å². The third-order valence-electron chi connectivity index (χ3n) is 7.62. The van der Waals surface area contributed by atoms with Gasteiger partial charge in [-0.2, -0.15) is 5.26 Å². The van der Waals surface area contributed by atoms with Crippen molar-refractivity contribution in [1.29, 1.82) is 5.26 Å². The van der Waals surface area contributed by atoms with Gasteiger partial charge >= 0.3 is 0 Å². The first-order valence-electron chi connectivity index (χ1n) is 14.5. The van der Waals surface area contributed by atoms with Gasteiger partial charge in [0.1, 0.15) is 36.5 Å². The second-order valence-electron chi connectivity index (χ2n) is 10.8. The van der Waals surface area contributed by atoms with E-state index in [-0.39, 0.29) is 19.3 Å². The van der Waals surface area contributed by atoms with E-state index in [1.54, 1.807) is 18.3 Å². The number of aldehydes is 1. The number of carbonyl (C=O) groups excluding carboxylic acids is 1. The van der Waals surface area contributed by atoms with Crippen molar-refractivity contribution >= 4 is 17.9 Å². The van der Waals surface area contributed by atoms with Crippen LogP contribution in [0, 0.1) is 18.3 Å². The number of ether oxygens (including phenoxy) is 3. The van der Waals surface area contributed by atoms with E-state index < -0.39 is 0 Å². The molecule has 226 valence electrons. The number of nitrogens with zero attached hydrogens (tertiary/aromatic N) is 3. The number of pyridine rings is 1. The quantitative estimate of drug-likeness (QED) is 0.137. The van der Waals surface area contributed by atoms with Gasteiger partial charge in [0.15, 0.2) is 6.29 Å². The molecule has 0 saturated carbocycles. The summed E-state index contributed by atoms with van der Waals surface area (Å²) in [6.45, 7) is 5.66. The van der Waals surface area contributed by atoms with Crippen LogP contribution in [0.25, 0.3) is 11.1 Å². The summed E-state index contributed by atoms with van der Waals surface area (Å²) >= 11 is 6.47. The molecule has 1 atom stereocenters. The van der Waals surface area contributed by atoms with Gasteiger partial charge < -0.3 is 24.2 Å². The second kappa shape index (κ2) is 14.8. The van der Waals surface area contributed by atoms with E-state index in [1.807, 2.05) is 30.3 Å². The number of halogens is 1. The average molecular weight is 612 g/mol. The van der Waals surface area contributed by atoms with Gasteiger partial charge in [-0.05, 0) is 66.3 Å². The Bertz CT molecular complexity index is 1650. The number of carbonyl (C=O) groups is 1. The highest BCUT2D eigenvalue weighted by Gasteiger charge is 2.19. The van der Waals surface area contributed by atoms with Crippen molar-refractivity contribution < 1.29 is 24.1 Å². The predicted octanol–water partition coefficient (Wildman–Crippen LogP) is 6.39. The zero-order chi connectivity index (χ0) is 30.9. The lowest BCUT2D eigenvalue weighted by atomic mass is 9.96. The summed E-state index contributed by atoms with van der Waals surface area (Å²) in [5, 5.41) is 19.1. The number of aromatic nitrogens is 1. The Morgan fingerprint density at radius 3 is 2.70 bits per heavy atom. The molecule has 1 aliphatic rings. The fraction of sp³-hybridized carbons (Fsp3) is 0.286. The molecule has 1 fully saturated rings. The third-order valence-corrected chi connectivity index (χ3v) is 7.91. The van der Waals surface area contributed by atoms with E-state index in [0.717, 1.165) is 60.5 Å². The molecule has 8 nitrogen and oxygen atoms in total. The fourth-order valence-corrected chi connectivity index (χ4v) is 5.45. The molecule has 1 aliphatic heterocycles. The van der Waals surface area contributed by atoms with Crippen LogP contribution >= 0.6 is 11.6 Å². The molecule has 9 heteroatoms. The van der Waals surface area contributed by atoms with Gasteiger partial charge in [-0.25, -0.2) is 0 Å². The zero-order valence-electron chi connectivity index (χ0n) is 24.5. The first kappa shape index (κ1) is 31.0. The number of likely N-dealkylation sites (tertiary alicyclic amines) is 1. The highest BCUT2D eigenvalue weighted by atomic mass is 35.5. The highest BCUT2D eigenvalue weighted by molar-refractivity contribution is 6.32. The van der Waals surface area contributed by atoms with Crippen LogP contribution in [-0.4, -0.2) is 53.6 Å². The number of hydrogen-bond donors (Lipinski definition) is 1. The summed E-state index contributed by atoms with van der Waals surface area (Å²) in [6.07, 6.45) is 5.30. The van der Waals surface area contributed by atoms with Gasteiger partial charge in [-0.1, -0.05) is 41.9 Å². The molecule has 4 aromatic rings. The molecule has 3 aromatic carbocycles. The molecule has 0 amide bonds. The second-order valence-corrected chi connectivity index (χ2v) is 11.2. The van der Waals surface area contributed by atoms with Crippen molar-refractivity contribution in [3.63, 3.8) is 0 Å². The zero-order valence-corrected chi connectivity index (χ0v) is 25.3. The topological polar surface area (TPSA) is 105 Å². The monoisotopic (exact) mass is 611 g/mol. The van der Waals surface area contributed by atoms with Crippen molar-refractivity contribution in [3.8, 4) is 34.4 Å². The van der Waals surface area contributed by atoms with Crippen LogP contribution in [0.2, 0.25) is 5.02 Å². The minimum Gasteiger partial charge on any atom is -0.494 e. The fourth-order valence-electron chi connectivity index (χ4n) is 5.22. The standard InChI is InChI=1S/C35H34ClN3O5/c1-24-28(6-3-8-32(24)27-5-2-7-31(14-27)42-12-4-10-39-11-9-30(41)20-39)23-44-35-16-34(29(21-40)15-33(35)36)43-22-26-13-25(17-37)18-38-19-26/h2-3,5-8,13-16,18-19,21,30,41H,4,9-12,20,22-23H2,1H3. The normalized spacial score (nSPS) is 14.6. The first-order chi connectivity index (χ1) is 21.4. The maximum Gasteiger partial charge on any atom is 0.153 e. The number of rotatable bonds is 13. The van der Waals surface area contributed by atoms with E-state index >= 15 is 0 Å². The Morgan fingerprint density at radius 1 is 1.07 bits per heavy atom. The number of aliphatic hydroxyl groups is 1. The van der Waals surface area contributed by atoms with Crippen molar-refractivity contribution in [3.05, 3.63) is 106 Å². The molecule has 1 unspecified atom stereocenters. The van der Waals surface area contributed by atoms with Gasteiger partial charge in [0.05, 0.1) is 28.9 Å². The molecule has 1 saturated heterocycles. The molecule has 1 N–H and O–H groups in total. The Labute approximate surface area is 262 Å². The van der Waals surface area contributed by atoms with Crippen LogP contribution in [-0.2, 0) is 13.2 Å². The molecule has 44 heavy (non-hydrogen) atoms. The van der Waals surface area contributed by atoms with Crippen molar-refractivity contribution in [1.82, 2.24) is 9.88 Å². The van der Waals surface area contributed by atoms with Gasteiger partial charge in [-0.15, -0.1) is 0 Å². The molecule has 0 aliphatic carbocycles. The number of hydrogen-bond acceptors (Lipinski definition) is 8. The summed E-state index contributed by atoms with van der Waals surface area (Å²) in [5.41, 5.74) is 5.59. The van der Waals surface area contributed by atoms with E-state index in [1.165, 1.54) is 12.3 Å². The average Bonchev–Trinajstić information content (AvgIpc) is 3.47. The van der Waals surface area contributed by atoms with Crippen molar-refractivity contribution in [2.75, 3.05) is 26.2 Å². The lowest BCUT2D eigenvalue weighted by Crippen LogP contribution is -2.24. The van der Waals surface area contributed by atoms with Crippen LogP contribution in [0.5, 0.6) is 17.2 Å². The molecular formula is C35H34ClN3O5. The van der Waals surface area contributed by atoms with Gasteiger partial charge in [0.25, 0.3) is 0 Å². The molecule has 2 heterocycles. The summed E-state index contributed by atoms with van der Waals surface area (Å²) in [5.74, 6) is 1.52. The minimum atomic E-state index is -0.202. The Morgan fingerprint density at radius 2 is 1.91 bits per heavy atom. The Kier molecular flexibility index (Phi) is 10.5. The van der Waals surface area contributed by atoms with E-state index in [0.29, 0.717) is 46.1 Å². The van der Waals surface area contributed by atoms with Gasteiger partial charge in [-0.3, -0.25) is 9.78 Å². The van der Waals surface area contributed by atoms with Crippen LogP contribution in [0.3, 0.4) is 0 Å². The van der Waals surface area contributed by atoms with Crippen LogP contribution < -0.4 is 14.2 Å². The molecule has 0 spiro atoms. The van der Waals surface area contributed by atoms with Gasteiger partial charge in [0, 0.05) is 43.7 Å². The molecular weight excluding hydrogens is 578 g/mol. The number of nitriles is 1. The molecule has 0 bridgehead atoms. The van der Waals surface area contributed by atoms with Crippen LogP contribution in [0.15, 0.2) is 73.1 Å². The summed E-state index contributed by atoms with van der Waals surface area (Å²) < 4.78 is 18.1. The number of benzene rings is 3. The third kappa shape index (κ3) is 7.94. The number of β-amino-alcohol motifs (C(OH)–C–C–N with tert-alkyl or cyclic N) is 1. The molecule has 1 aromatic heterocycles. The summed E-state index contributed by atoms with van der Waals surface area (Å²) in [4.78, 5) is 18.0. The van der Waals surface area contributed by atoms with Crippen molar-refractivity contribution in [2.24, 2.45) is 0 Å². The summed E-state index contributed by atoms with van der Waals surface area (Å²) in [6, 6.07) is 21.0. The Hall–Kier alpha value is -4.42. The predicted molar refractivity (Wildman–Crippen MR) is 168 cm³/mol. The van der Waals surface area contributed by atoms with Crippen LogP contribution in [0.1, 0.15) is 45.5 Å². The van der Waals surface area contributed by atoms with E-state index in [9.17, 15) is 9.90 Å². The van der Waals surface area contributed by atoms with Crippen LogP contribution in [0.4, 0.5) is 0 Å². The lowest BCUT2D eigenvalue weighted by Gasteiger charge is -2.16. The molecule has 5 rings (SSSR count).